The molecule has 2 fully saturated rings. The van der Waals surface area contributed by atoms with Crippen molar-refractivity contribution in [2.75, 3.05) is 13.2 Å². The van der Waals surface area contributed by atoms with Crippen LogP contribution in [0.25, 0.3) is 0 Å². The summed E-state index contributed by atoms with van der Waals surface area (Å²) < 4.78 is 15.9. The molecule has 0 aromatic heterocycles. The first kappa shape index (κ1) is 9.36. The highest BCUT2D eigenvalue weighted by molar-refractivity contribution is 5.02. The van der Waals surface area contributed by atoms with Gasteiger partial charge in [-0.05, 0) is 13.8 Å². The Balaban J connectivity index is 2.26. The van der Waals surface area contributed by atoms with Crippen molar-refractivity contribution in [3.8, 4) is 0 Å². The van der Waals surface area contributed by atoms with E-state index in [1.54, 1.807) is 13.8 Å². The molecule has 5 nitrogen and oxygen atoms in total. The van der Waals surface area contributed by atoms with Crippen molar-refractivity contribution in [1.82, 2.24) is 0 Å². The van der Waals surface area contributed by atoms with Crippen LogP contribution >= 0.6 is 0 Å². The van der Waals surface area contributed by atoms with Crippen molar-refractivity contribution in [3.05, 3.63) is 0 Å². The van der Waals surface area contributed by atoms with E-state index < -0.39 is 17.7 Å². The second-order valence-corrected chi connectivity index (χ2v) is 3.91. The number of fused-ring (bicyclic) bond motifs is 1. The van der Waals surface area contributed by atoms with Gasteiger partial charge in [0.05, 0.1) is 13.2 Å². The Bertz CT molecular complexity index is 217. The third kappa shape index (κ3) is 1.19. The number of rotatable bonds is 1. The molecule has 13 heavy (non-hydrogen) atoms. The van der Waals surface area contributed by atoms with Gasteiger partial charge in [-0.3, -0.25) is 0 Å². The minimum atomic E-state index is -1.11. The number of ether oxygens (including phenoxy) is 3. The average Bonchev–Trinajstić information content (AvgIpc) is 2.46. The van der Waals surface area contributed by atoms with Crippen LogP contribution in [0, 0.1) is 0 Å². The Hall–Kier alpha value is -0.200. The maximum atomic E-state index is 9.49. The van der Waals surface area contributed by atoms with Gasteiger partial charge in [0, 0.05) is 0 Å². The zero-order chi connectivity index (χ0) is 9.69. The lowest BCUT2D eigenvalue weighted by Gasteiger charge is -2.27. The minimum absolute atomic E-state index is 0.255. The fraction of sp³-hybridized carbons (Fsp3) is 1.00. The normalized spacial score (nSPS) is 48.0. The molecule has 0 unspecified atom stereocenters. The van der Waals surface area contributed by atoms with Gasteiger partial charge in [0.15, 0.2) is 17.7 Å². The van der Waals surface area contributed by atoms with E-state index in [9.17, 15) is 10.2 Å². The summed E-state index contributed by atoms with van der Waals surface area (Å²) in [6.07, 6.45) is -1.49. The molecule has 2 saturated heterocycles. The van der Waals surface area contributed by atoms with Crippen molar-refractivity contribution in [1.29, 1.82) is 0 Å². The van der Waals surface area contributed by atoms with Gasteiger partial charge < -0.3 is 24.4 Å². The number of hydrogen-bond acceptors (Lipinski definition) is 5. The molecule has 0 amide bonds. The second kappa shape index (κ2) is 2.65. The van der Waals surface area contributed by atoms with E-state index in [4.69, 9.17) is 14.2 Å². The van der Waals surface area contributed by atoms with Gasteiger partial charge in [0.25, 0.3) is 0 Å². The third-order valence-corrected chi connectivity index (χ3v) is 2.48. The topological polar surface area (TPSA) is 68.2 Å². The Morgan fingerprint density at radius 1 is 1.46 bits per heavy atom. The lowest BCUT2D eigenvalue weighted by atomic mass is 10.0. The first-order valence-electron chi connectivity index (χ1n) is 4.29. The lowest BCUT2D eigenvalue weighted by molar-refractivity contribution is -0.243. The standard InChI is InChI=1S/C8H14O5/c1-7(2)12-5-3-11-6(10)8(5,4-9)13-7/h5-6,9-10H,3-4H2,1-2H3/t5-,6-,8-/m0/s1. The highest BCUT2D eigenvalue weighted by Crippen LogP contribution is 2.42. The molecule has 5 heteroatoms. The van der Waals surface area contributed by atoms with E-state index in [2.05, 4.69) is 0 Å². The Kier molecular flexibility index (Phi) is 1.91. The molecule has 2 heterocycles. The minimum Gasteiger partial charge on any atom is -0.393 e. The highest BCUT2D eigenvalue weighted by Gasteiger charge is 2.61. The molecule has 3 atom stereocenters. The summed E-state index contributed by atoms with van der Waals surface area (Å²) in [5, 5.41) is 18.7. The van der Waals surface area contributed by atoms with Gasteiger partial charge in [0.1, 0.15) is 6.10 Å². The highest BCUT2D eigenvalue weighted by atomic mass is 16.8. The maximum Gasteiger partial charge on any atom is 0.189 e. The Labute approximate surface area is 76.2 Å². The average molecular weight is 190 g/mol. The molecule has 0 aromatic carbocycles. The van der Waals surface area contributed by atoms with Crippen molar-refractivity contribution >= 4 is 0 Å². The predicted molar refractivity (Wildman–Crippen MR) is 41.8 cm³/mol. The number of hydrogen-bond donors (Lipinski definition) is 2. The molecule has 0 aromatic rings. The molecule has 0 saturated carbocycles. The molecule has 0 radical (unpaired) electrons. The third-order valence-electron chi connectivity index (χ3n) is 2.48. The fourth-order valence-electron chi connectivity index (χ4n) is 1.91. The van der Waals surface area contributed by atoms with E-state index in [0.29, 0.717) is 0 Å². The molecule has 2 aliphatic rings. The van der Waals surface area contributed by atoms with Crippen LogP contribution in [-0.2, 0) is 14.2 Å². The molecule has 0 bridgehead atoms. The van der Waals surface area contributed by atoms with E-state index >= 15 is 0 Å². The van der Waals surface area contributed by atoms with Crippen LogP contribution < -0.4 is 0 Å². The summed E-state index contributed by atoms with van der Waals surface area (Å²) >= 11 is 0. The van der Waals surface area contributed by atoms with Gasteiger partial charge in [-0.1, -0.05) is 0 Å². The van der Waals surface area contributed by atoms with Crippen LogP contribution in [0.4, 0.5) is 0 Å². The van der Waals surface area contributed by atoms with E-state index in [1.165, 1.54) is 0 Å². The van der Waals surface area contributed by atoms with Crippen molar-refractivity contribution in [2.45, 2.75) is 37.6 Å². The number of aliphatic hydroxyl groups is 2. The monoisotopic (exact) mass is 190 g/mol. The summed E-state index contributed by atoms with van der Waals surface area (Å²) in [5.74, 6) is -0.766. The van der Waals surface area contributed by atoms with E-state index in [1.807, 2.05) is 0 Å². The first-order chi connectivity index (χ1) is 6.00. The van der Waals surface area contributed by atoms with E-state index in [0.717, 1.165) is 0 Å². The van der Waals surface area contributed by atoms with Gasteiger partial charge in [-0.15, -0.1) is 0 Å². The zero-order valence-corrected chi connectivity index (χ0v) is 7.69. The molecule has 76 valence electrons. The van der Waals surface area contributed by atoms with Gasteiger partial charge in [-0.25, -0.2) is 0 Å². The molecule has 2 N–H and O–H groups in total. The fourth-order valence-corrected chi connectivity index (χ4v) is 1.91. The predicted octanol–water partition coefficient (Wildman–Crippen LogP) is -0.782. The smallest absolute Gasteiger partial charge is 0.189 e. The summed E-state index contributed by atoms with van der Waals surface area (Å²) in [4.78, 5) is 0. The van der Waals surface area contributed by atoms with Crippen molar-refractivity contribution in [2.24, 2.45) is 0 Å². The molecular weight excluding hydrogens is 176 g/mol. The maximum absolute atomic E-state index is 9.49. The largest absolute Gasteiger partial charge is 0.393 e. The number of aliphatic hydroxyl groups excluding tert-OH is 2. The lowest BCUT2D eigenvalue weighted by Crippen LogP contribution is -2.49. The van der Waals surface area contributed by atoms with Crippen LogP contribution in [0.3, 0.4) is 0 Å². The van der Waals surface area contributed by atoms with Crippen LogP contribution in [0.5, 0.6) is 0 Å². The quantitative estimate of drug-likeness (QED) is 0.567. The van der Waals surface area contributed by atoms with Crippen LogP contribution in [0.2, 0.25) is 0 Å². The Morgan fingerprint density at radius 2 is 2.15 bits per heavy atom. The summed E-state index contributed by atoms with van der Waals surface area (Å²) in [6, 6.07) is 0. The summed E-state index contributed by atoms with van der Waals surface area (Å²) in [6.45, 7) is 3.44. The SMILES string of the molecule is CC1(C)O[C@H]2CO[C@H](O)[C@@]2(CO)O1. The van der Waals surface area contributed by atoms with Crippen molar-refractivity contribution < 1.29 is 24.4 Å². The zero-order valence-electron chi connectivity index (χ0n) is 7.69. The molecule has 0 spiro atoms. The van der Waals surface area contributed by atoms with Crippen LogP contribution in [0.15, 0.2) is 0 Å². The second-order valence-electron chi connectivity index (χ2n) is 3.91. The van der Waals surface area contributed by atoms with Gasteiger partial charge in [0.2, 0.25) is 0 Å². The van der Waals surface area contributed by atoms with Crippen LogP contribution in [-0.4, -0.2) is 47.2 Å². The summed E-state index contributed by atoms with van der Waals surface area (Å²) in [7, 11) is 0. The van der Waals surface area contributed by atoms with E-state index in [-0.39, 0.29) is 19.3 Å². The molecular formula is C8H14O5. The molecule has 2 rings (SSSR count). The molecule has 0 aliphatic carbocycles. The Morgan fingerprint density at radius 3 is 2.69 bits per heavy atom. The van der Waals surface area contributed by atoms with Gasteiger partial charge in [-0.2, -0.15) is 0 Å². The molecule has 2 aliphatic heterocycles. The van der Waals surface area contributed by atoms with Gasteiger partial charge >= 0.3 is 0 Å². The van der Waals surface area contributed by atoms with Crippen LogP contribution in [0.1, 0.15) is 13.8 Å². The van der Waals surface area contributed by atoms with Crippen molar-refractivity contribution in [3.63, 3.8) is 0 Å². The summed E-state index contributed by atoms with van der Waals surface area (Å²) in [5.41, 5.74) is -1.09. The first-order valence-corrected chi connectivity index (χ1v) is 4.29.